The maximum Gasteiger partial charge on any atom is 0.337 e. The van der Waals surface area contributed by atoms with Crippen molar-refractivity contribution in [2.45, 2.75) is 26.3 Å². The van der Waals surface area contributed by atoms with E-state index < -0.39 is 22.8 Å². The van der Waals surface area contributed by atoms with Gasteiger partial charge in [0.25, 0.3) is 0 Å². The van der Waals surface area contributed by atoms with Gasteiger partial charge in [0, 0.05) is 28.9 Å². The molecular weight excluding hydrogens is 292 g/mol. The van der Waals surface area contributed by atoms with Crippen molar-refractivity contribution in [3.05, 3.63) is 29.3 Å². The number of amides is 2. The first-order chi connectivity index (χ1) is 9.81. The first-order valence-electron chi connectivity index (χ1n) is 6.51. The Hall–Kier alpha value is -1.89. The summed E-state index contributed by atoms with van der Waals surface area (Å²) in [4.78, 5) is 23.1. The maximum absolute atomic E-state index is 11.9. The van der Waals surface area contributed by atoms with Gasteiger partial charge >= 0.3 is 12.0 Å². The molecule has 6 nitrogen and oxygen atoms in total. The summed E-state index contributed by atoms with van der Waals surface area (Å²) in [5, 5.41) is 14.4. The van der Waals surface area contributed by atoms with Crippen LogP contribution in [0.1, 0.15) is 29.3 Å². The van der Waals surface area contributed by atoms with E-state index in [0.717, 1.165) is 0 Å². The minimum atomic E-state index is -1.09. The fourth-order valence-electron chi connectivity index (χ4n) is 1.80. The highest BCUT2D eigenvalue weighted by Gasteiger charge is 2.15. The number of anilines is 1. The lowest BCUT2D eigenvalue weighted by Gasteiger charge is -2.16. The fraction of sp³-hybridized carbons (Fsp3) is 0.429. The Morgan fingerprint density at radius 1 is 1.38 bits per heavy atom. The lowest BCUT2D eigenvalue weighted by molar-refractivity contribution is 0.0698. The highest BCUT2D eigenvalue weighted by molar-refractivity contribution is 7.84. The Labute approximate surface area is 126 Å². The van der Waals surface area contributed by atoms with Gasteiger partial charge in [-0.1, -0.05) is 12.1 Å². The molecule has 1 rings (SSSR count). The summed E-state index contributed by atoms with van der Waals surface area (Å²) < 4.78 is 11.0. The van der Waals surface area contributed by atoms with Gasteiger partial charge in [0.1, 0.15) is 0 Å². The average Bonchev–Trinajstić information content (AvgIpc) is 2.38. The number of carbonyl (C=O) groups excluding carboxylic acids is 1. The van der Waals surface area contributed by atoms with E-state index in [4.69, 9.17) is 5.11 Å². The lowest BCUT2D eigenvalue weighted by atomic mass is 10.1. The minimum Gasteiger partial charge on any atom is -0.478 e. The molecule has 0 saturated heterocycles. The molecule has 0 bridgehead atoms. The number of para-hydroxylation sites is 1. The van der Waals surface area contributed by atoms with Crippen molar-refractivity contribution in [1.82, 2.24) is 5.32 Å². The van der Waals surface area contributed by atoms with Crippen LogP contribution in [0.15, 0.2) is 18.2 Å². The SMILES string of the molecule is Cc1cccc(C(=O)O)c1NC(=O)NC(C)CCS(C)=O. The molecule has 1 aromatic rings. The molecule has 0 aliphatic carbocycles. The van der Waals surface area contributed by atoms with Crippen LogP contribution >= 0.6 is 0 Å². The molecule has 0 aliphatic rings. The van der Waals surface area contributed by atoms with Crippen molar-refractivity contribution in [3.8, 4) is 0 Å². The first kappa shape index (κ1) is 17.2. The van der Waals surface area contributed by atoms with E-state index in [1.165, 1.54) is 6.07 Å². The van der Waals surface area contributed by atoms with E-state index in [9.17, 15) is 13.8 Å². The zero-order valence-corrected chi connectivity index (χ0v) is 13.1. The third kappa shape index (κ3) is 5.55. The number of carboxylic acid groups (broad SMARTS) is 1. The van der Waals surface area contributed by atoms with Gasteiger partial charge in [0.05, 0.1) is 11.3 Å². The zero-order chi connectivity index (χ0) is 16.0. The van der Waals surface area contributed by atoms with E-state index >= 15 is 0 Å². The smallest absolute Gasteiger partial charge is 0.337 e. The van der Waals surface area contributed by atoms with E-state index in [0.29, 0.717) is 17.7 Å². The molecule has 0 heterocycles. The average molecular weight is 312 g/mol. The summed E-state index contributed by atoms with van der Waals surface area (Å²) in [6.45, 7) is 3.54. The van der Waals surface area contributed by atoms with E-state index in [1.807, 2.05) is 6.92 Å². The third-order valence-corrected chi connectivity index (χ3v) is 3.77. The van der Waals surface area contributed by atoms with Crippen LogP contribution in [-0.4, -0.2) is 39.4 Å². The summed E-state index contributed by atoms with van der Waals surface area (Å²) in [5.41, 5.74) is 1.01. The van der Waals surface area contributed by atoms with Crippen LogP contribution in [0.5, 0.6) is 0 Å². The highest BCUT2D eigenvalue weighted by atomic mass is 32.2. The number of rotatable bonds is 6. The van der Waals surface area contributed by atoms with Gasteiger partial charge in [0.15, 0.2) is 0 Å². The molecule has 0 fully saturated rings. The van der Waals surface area contributed by atoms with Crippen LogP contribution in [0.25, 0.3) is 0 Å². The Kier molecular flexibility index (Phi) is 6.36. The second-order valence-corrected chi connectivity index (χ2v) is 6.42. The van der Waals surface area contributed by atoms with Gasteiger partial charge in [-0.15, -0.1) is 0 Å². The summed E-state index contributed by atoms with van der Waals surface area (Å²) in [5.74, 6) is -0.588. The Morgan fingerprint density at radius 3 is 2.62 bits per heavy atom. The number of carbonyl (C=O) groups is 2. The van der Waals surface area contributed by atoms with Gasteiger partial charge in [-0.05, 0) is 31.9 Å². The molecule has 0 aromatic heterocycles. The molecule has 21 heavy (non-hydrogen) atoms. The minimum absolute atomic E-state index is 0.0486. The Morgan fingerprint density at radius 2 is 2.05 bits per heavy atom. The maximum atomic E-state index is 11.9. The second-order valence-electron chi connectivity index (χ2n) is 4.87. The van der Waals surface area contributed by atoms with Crippen LogP contribution in [0, 0.1) is 6.92 Å². The predicted octanol–water partition coefficient (Wildman–Crippen LogP) is 1.97. The van der Waals surface area contributed by atoms with Crippen LogP contribution in [-0.2, 0) is 10.8 Å². The number of carboxylic acids is 1. The Bertz CT molecular complexity index is 560. The molecule has 0 spiro atoms. The van der Waals surface area contributed by atoms with Crippen LogP contribution < -0.4 is 10.6 Å². The van der Waals surface area contributed by atoms with Crippen molar-refractivity contribution in [3.63, 3.8) is 0 Å². The predicted molar refractivity (Wildman–Crippen MR) is 83.3 cm³/mol. The molecule has 1 aromatic carbocycles. The van der Waals surface area contributed by atoms with Crippen molar-refractivity contribution >= 4 is 28.5 Å². The molecule has 0 aliphatic heterocycles. The molecule has 116 valence electrons. The van der Waals surface area contributed by atoms with E-state index in [1.54, 1.807) is 25.3 Å². The summed E-state index contributed by atoms with van der Waals surface area (Å²) >= 11 is 0. The number of benzene rings is 1. The number of urea groups is 1. The molecule has 7 heteroatoms. The van der Waals surface area contributed by atoms with Crippen molar-refractivity contribution in [2.24, 2.45) is 0 Å². The van der Waals surface area contributed by atoms with Gasteiger partial charge in [-0.2, -0.15) is 0 Å². The summed E-state index contributed by atoms with van der Waals surface area (Å²) in [6, 6.07) is 4.17. The number of aryl methyl sites for hydroxylation is 1. The zero-order valence-electron chi connectivity index (χ0n) is 12.3. The standard InChI is InChI=1S/C14H20N2O4S/c1-9-5-4-6-11(13(17)18)12(9)16-14(19)15-10(2)7-8-21(3)20/h4-6,10H,7-8H2,1-3H3,(H,17,18)(H2,15,16,19). The molecule has 0 radical (unpaired) electrons. The fourth-order valence-corrected chi connectivity index (χ4v) is 2.49. The molecule has 3 N–H and O–H groups in total. The monoisotopic (exact) mass is 312 g/mol. The van der Waals surface area contributed by atoms with E-state index in [2.05, 4.69) is 10.6 Å². The number of nitrogens with one attached hydrogen (secondary N) is 2. The molecular formula is C14H20N2O4S. The topological polar surface area (TPSA) is 95.5 Å². The number of aromatic carboxylic acids is 1. The number of hydrogen-bond acceptors (Lipinski definition) is 3. The van der Waals surface area contributed by atoms with Gasteiger partial charge < -0.3 is 15.7 Å². The van der Waals surface area contributed by atoms with Gasteiger partial charge in [0.2, 0.25) is 0 Å². The third-order valence-electron chi connectivity index (χ3n) is 2.96. The normalized spacial score (nSPS) is 13.3. The van der Waals surface area contributed by atoms with Gasteiger partial charge in [-0.25, -0.2) is 9.59 Å². The van der Waals surface area contributed by atoms with Crippen molar-refractivity contribution in [2.75, 3.05) is 17.3 Å². The summed E-state index contributed by atoms with van der Waals surface area (Å²) in [6.07, 6.45) is 2.20. The molecule has 2 unspecified atom stereocenters. The molecule has 0 saturated carbocycles. The second kappa shape index (κ2) is 7.78. The number of hydrogen-bond donors (Lipinski definition) is 3. The largest absolute Gasteiger partial charge is 0.478 e. The Balaban J connectivity index is 2.71. The quantitative estimate of drug-likeness (QED) is 0.748. The molecule has 2 atom stereocenters. The lowest BCUT2D eigenvalue weighted by Crippen LogP contribution is -2.37. The van der Waals surface area contributed by atoms with Crippen LogP contribution in [0.2, 0.25) is 0 Å². The van der Waals surface area contributed by atoms with Gasteiger partial charge in [-0.3, -0.25) is 4.21 Å². The van der Waals surface area contributed by atoms with Crippen LogP contribution in [0.4, 0.5) is 10.5 Å². The van der Waals surface area contributed by atoms with Crippen molar-refractivity contribution < 1.29 is 18.9 Å². The highest BCUT2D eigenvalue weighted by Crippen LogP contribution is 2.20. The molecule has 2 amide bonds. The first-order valence-corrected chi connectivity index (χ1v) is 8.24. The summed E-state index contributed by atoms with van der Waals surface area (Å²) in [7, 11) is -0.902. The van der Waals surface area contributed by atoms with Crippen LogP contribution in [0.3, 0.4) is 0 Å². The van der Waals surface area contributed by atoms with E-state index in [-0.39, 0.29) is 17.3 Å². The van der Waals surface area contributed by atoms with Crippen molar-refractivity contribution in [1.29, 1.82) is 0 Å².